The molecule has 6 aromatic carbocycles. The van der Waals surface area contributed by atoms with E-state index in [0.717, 1.165) is 213 Å². The second-order valence-corrected chi connectivity index (χ2v) is 41.5. The zero-order valence-electron chi connectivity index (χ0n) is 73.5. The number of likely N-dealkylation sites (N-methyl/N-ethyl adjacent to an activating group) is 1. The van der Waals surface area contributed by atoms with Crippen molar-refractivity contribution in [2.75, 3.05) is 158 Å². The third kappa shape index (κ3) is 21.4. The molecule has 10 heterocycles. The van der Waals surface area contributed by atoms with E-state index in [1.807, 2.05) is 36.4 Å². The van der Waals surface area contributed by atoms with Gasteiger partial charge in [0.15, 0.2) is 0 Å². The number of amides is 2. The second kappa shape index (κ2) is 38.2. The third-order valence-corrected chi connectivity index (χ3v) is 29.9. The first-order valence-electron chi connectivity index (χ1n) is 44.7. The lowest BCUT2D eigenvalue weighted by Gasteiger charge is -2.39. The van der Waals surface area contributed by atoms with Crippen LogP contribution in [-0.4, -0.2) is 221 Å². The summed E-state index contributed by atoms with van der Waals surface area (Å²) >= 11 is 12.5. The molecule has 2 atom stereocenters. The molecule has 129 heavy (non-hydrogen) atoms. The van der Waals surface area contributed by atoms with Gasteiger partial charge in [0, 0.05) is 198 Å². The quantitative estimate of drug-likeness (QED) is 0.0242. The van der Waals surface area contributed by atoms with Crippen LogP contribution >= 0.6 is 23.2 Å². The van der Waals surface area contributed by atoms with Crippen LogP contribution in [0.2, 0.25) is 10.0 Å². The molecule has 0 bridgehead atoms. The molecule has 4 fully saturated rings. The number of allylic oxidation sites excluding steroid dienone is 2. The molecule has 10 aromatic rings. The van der Waals surface area contributed by atoms with Gasteiger partial charge >= 0.3 is 0 Å². The number of ether oxygens (including phenoxy) is 2. The molecule has 29 nitrogen and oxygen atoms in total. The summed E-state index contributed by atoms with van der Waals surface area (Å²) in [4.78, 5) is 82.7. The first kappa shape index (κ1) is 90.0. The summed E-state index contributed by atoms with van der Waals surface area (Å²) in [5.41, 5.74) is 12.7. The van der Waals surface area contributed by atoms with E-state index in [1.54, 1.807) is 67.1 Å². The van der Waals surface area contributed by atoms with Crippen LogP contribution in [-0.2, 0) is 32.9 Å². The number of nitro groups is 2. The number of nitrogens with one attached hydrogen (secondary N) is 6. The van der Waals surface area contributed by atoms with Crippen molar-refractivity contribution in [3.63, 3.8) is 0 Å². The molecule has 33 heteroatoms. The summed E-state index contributed by atoms with van der Waals surface area (Å²) in [5.74, 6) is -0.603. The number of fused-ring (bicyclic) bond motifs is 4. The number of rotatable bonds is 24. The zero-order chi connectivity index (χ0) is 90.0. The van der Waals surface area contributed by atoms with E-state index in [9.17, 15) is 46.7 Å². The highest BCUT2D eigenvalue weighted by Crippen LogP contribution is 2.47. The van der Waals surface area contributed by atoms with Crippen LogP contribution in [0, 0.1) is 42.9 Å². The van der Waals surface area contributed by atoms with Gasteiger partial charge in [-0.15, -0.1) is 0 Å². The Hall–Kier alpha value is -11.0. The fourth-order valence-corrected chi connectivity index (χ4v) is 21.7. The zero-order valence-corrected chi connectivity index (χ0v) is 76.6. The van der Waals surface area contributed by atoms with Crippen molar-refractivity contribution in [2.24, 2.45) is 22.7 Å². The highest BCUT2D eigenvalue weighted by atomic mass is 35.5. The molecule has 8 aliphatic rings. The maximum absolute atomic E-state index is 14.1. The number of aromatic nitrogens is 4. The Kier molecular flexibility index (Phi) is 26.6. The molecule has 0 unspecified atom stereocenters. The molecule has 18 rings (SSSR count). The minimum atomic E-state index is -4.58. The summed E-state index contributed by atoms with van der Waals surface area (Å²) in [6.07, 6.45) is 17.4. The average Bonchev–Trinajstić information content (AvgIpc) is 1.42. The van der Waals surface area contributed by atoms with Gasteiger partial charge in [-0.1, -0.05) is 92.7 Å². The van der Waals surface area contributed by atoms with Gasteiger partial charge in [0.05, 0.1) is 54.3 Å². The summed E-state index contributed by atoms with van der Waals surface area (Å²) in [6.45, 7) is 25.9. The molecule has 2 amide bonds. The van der Waals surface area contributed by atoms with Gasteiger partial charge in [-0.2, -0.15) is 0 Å². The predicted octanol–water partition coefficient (Wildman–Crippen LogP) is 16.5. The van der Waals surface area contributed by atoms with E-state index in [4.69, 9.17) is 32.7 Å². The Morgan fingerprint density at radius 3 is 1.32 bits per heavy atom. The number of benzene rings is 6. The first-order chi connectivity index (χ1) is 61.9. The van der Waals surface area contributed by atoms with Crippen LogP contribution in [0.5, 0.6) is 23.0 Å². The summed E-state index contributed by atoms with van der Waals surface area (Å²) < 4.78 is 73.0. The van der Waals surface area contributed by atoms with E-state index < -0.39 is 41.7 Å². The molecule has 6 aliphatic heterocycles. The smallest absolute Gasteiger partial charge is 0.276 e. The van der Waals surface area contributed by atoms with Crippen molar-refractivity contribution in [3.05, 3.63) is 233 Å². The van der Waals surface area contributed by atoms with Crippen molar-refractivity contribution in [2.45, 2.75) is 108 Å². The number of carbonyl (C=O) groups is 2. The van der Waals surface area contributed by atoms with Crippen LogP contribution in [0.25, 0.3) is 33.2 Å². The number of H-pyrrole nitrogens is 2. The fraction of sp³-hybridized carbons (Fsp3) is 0.417. The first-order valence-corrected chi connectivity index (χ1v) is 48.4. The standard InChI is InChI=1S/C48H56ClN9O6S.C48H55ClN8O6S/c1-48(2)12-10-35(42(27-48)33-4-6-36(49)7-5-33)31-56-18-20-57(21-19-56)37-8-9-40(45(24-37)64-38-23-34-11-13-50-46(34)52-29-38)47(59)53-65(62,63)39-25-43-41(44(26-39)58(60)61)22-32(28-51-43)30-55-16-14-54(3)15-17-55;1-48(2)14-12-35(42(27-48)33-6-8-36(49)9-7-33)31-55-18-20-56(21-19-55)37-10-11-40(45(24-37)63-38-23-34-13-15-50-46(34)52-29-38)47(58)53-64(61,62)39-25-43-41(44(26-39)57(59)60)22-32(28-51-43)30-54-16-4-3-5-17-54/h4-9,11,13,23-26,29,32,51H,10,12,14-22,27-28,30-31H2,1-3H3,(H,50,52)(H,53,59);6-11,13,15,23-26,29,32,51H,3-5,12,14,16-22,27-28,30-31H2,1-2H3,(H,50,52)(H,53,58)/t2*32-/m10/s1. The van der Waals surface area contributed by atoms with Crippen molar-refractivity contribution < 1.29 is 45.7 Å². The highest BCUT2D eigenvalue weighted by Gasteiger charge is 2.38. The van der Waals surface area contributed by atoms with Crippen LogP contribution < -0.4 is 39.4 Å². The lowest BCUT2D eigenvalue weighted by Crippen LogP contribution is -2.47. The molecule has 678 valence electrons. The molecule has 0 radical (unpaired) electrons. The summed E-state index contributed by atoms with van der Waals surface area (Å²) in [5, 5.41) is 34.4. The lowest BCUT2D eigenvalue weighted by molar-refractivity contribution is -0.385. The Labute approximate surface area is 762 Å². The Morgan fingerprint density at radius 2 is 0.907 bits per heavy atom. The number of hydrogen-bond donors (Lipinski definition) is 6. The van der Waals surface area contributed by atoms with E-state index in [2.05, 4.69) is 133 Å². The van der Waals surface area contributed by atoms with E-state index in [-0.39, 0.29) is 66.5 Å². The highest BCUT2D eigenvalue weighted by molar-refractivity contribution is 7.90. The summed E-state index contributed by atoms with van der Waals surface area (Å²) in [7, 11) is -7.06. The van der Waals surface area contributed by atoms with Gasteiger partial charge in [0.2, 0.25) is 0 Å². The number of piperidine rings is 1. The number of aromatic amines is 2. The average molecular weight is 1830 g/mol. The SMILES string of the molecule is CC1(C)CCC(CN2CCN(c3ccc(C(=O)NS(=O)(=O)c4cc5c(c([N+](=O)[O-])c4)C[C@H](CN4CCCCC4)CN5)c(Oc4cnc5[nH]ccc5c4)c3)CC2)=C(c2ccc(Cl)cc2)C1.CN1CCN(C[C@H]2CNc3cc(S(=O)(=O)NC(=O)c4ccc(N5CCN(CC6=C(c7ccc(Cl)cc7)CC(C)(C)CC6)CC5)cc4Oc4cnc5[nH]ccc5c4)cc([N+](=O)[O-])c3C2)CC1. The maximum Gasteiger partial charge on any atom is 0.276 e. The van der Waals surface area contributed by atoms with Gasteiger partial charge in [0.1, 0.15) is 34.3 Å². The molecular weight excluding hydrogens is 1720 g/mol. The number of piperazine rings is 3. The monoisotopic (exact) mass is 1830 g/mol. The number of likely N-dealkylation sites (tertiary alicyclic amines) is 1. The molecular formula is C96H111Cl2N17O12S2. The van der Waals surface area contributed by atoms with Crippen LogP contribution in [0.4, 0.5) is 34.1 Å². The fourth-order valence-electron chi connectivity index (χ4n) is 19.5. The van der Waals surface area contributed by atoms with Crippen molar-refractivity contribution in [3.8, 4) is 23.0 Å². The molecule has 0 saturated carbocycles. The van der Waals surface area contributed by atoms with Gasteiger partial charge in [-0.25, -0.2) is 36.2 Å². The molecule has 6 N–H and O–H groups in total. The van der Waals surface area contributed by atoms with Gasteiger partial charge in [-0.3, -0.25) is 39.6 Å². The molecule has 2 aliphatic carbocycles. The Morgan fingerprint density at radius 1 is 0.504 bits per heavy atom. The van der Waals surface area contributed by atoms with Crippen LogP contribution in [0.15, 0.2) is 179 Å². The Bertz CT molecular complexity index is 6190. The normalized spacial score (nSPS) is 19.7. The topological polar surface area (TPSA) is 335 Å². The number of carbonyl (C=O) groups excluding carboxylic acids is 2. The number of pyridine rings is 2. The number of nitrogens with zero attached hydrogens (tertiary/aromatic N) is 11. The second-order valence-electron chi connectivity index (χ2n) is 37.3. The third-order valence-electron chi connectivity index (χ3n) is 26.8. The van der Waals surface area contributed by atoms with Gasteiger partial charge in [0.25, 0.3) is 43.2 Å². The number of hydrogen-bond acceptors (Lipinski definition) is 23. The molecule has 4 aromatic heterocycles. The van der Waals surface area contributed by atoms with E-state index >= 15 is 0 Å². The largest absolute Gasteiger partial charge is 0.455 e. The van der Waals surface area contributed by atoms with Gasteiger partial charge < -0.3 is 54.6 Å². The van der Waals surface area contributed by atoms with Crippen molar-refractivity contribution in [1.29, 1.82) is 0 Å². The molecule has 4 saturated heterocycles. The lowest BCUT2D eigenvalue weighted by atomic mass is 9.72. The van der Waals surface area contributed by atoms with E-state index in [0.29, 0.717) is 71.2 Å². The number of nitro benzene ring substituents is 2. The Balaban J connectivity index is 0.000000181. The number of anilines is 4. The number of sulfonamides is 2. The predicted molar refractivity (Wildman–Crippen MR) is 506 cm³/mol. The van der Waals surface area contributed by atoms with E-state index in [1.165, 1.54) is 58.2 Å². The van der Waals surface area contributed by atoms with Crippen LogP contribution in [0.3, 0.4) is 0 Å². The molecule has 0 spiro atoms. The van der Waals surface area contributed by atoms with Crippen molar-refractivity contribution >= 4 is 122 Å². The maximum atomic E-state index is 14.1. The van der Waals surface area contributed by atoms with Crippen LogP contribution in [0.1, 0.15) is 128 Å². The minimum absolute atomic E-state index is 0.0202. The number of halogens is 2. The van der Waals surface area contributed by atoms with Gasteiger partial charge in [-0.05, 0) is 214 Å². The van der Waals surface area contributed by atoms with Crippen molar-refractivity contribution in [1.82, 2.24) is 53.9 Å². The summed E-state index contributed by atoms with van der Waals surface area (Å²) in [6, 6.07) is 38.8. The minimum Gasteiger partial charge on any atom is -0.455 e.